The van der Waals surface area contributed by atoms with Gasteiger partial charge in [-0.25, -0.2) is 0 Å². The summed E-state index contributed by atoms with van der Waals surface area (Å²) in [4.78, 5) is 0. The third kappa shape index (κ3) is 5.12. The molecular formula is C34H30Cl2Zr. The van der Waals surface area contributed by atoms with Crippen molar-refractivity contribution in [1.82, 2.24) is 0 Å². The molecule has 0 nitrogen and oxygen atoms in total. The first-order chi connectivity index (χ1) is 17.0. The first kappa shape index (κ1) is 27.8. The minimum atomic E-state index is -1.01. The Morgan fingerprint density at radius 3 is 1.22 bits per heavy atom. The number of fused-ring (bicyclic) bond motifs is 2. The van der Waals surface area contributed by atoms with Crippen molar-refractivity contribution in [3.63, 3.8) is 0 Å². The Kier molecular flexibility index (Phi) is 8.49. The molecule has 6 rings (SSSR count). The van der Waals surface area contributed by atoms with Crippen molar-refractivity contribution in [3.8, 4) is 0 Å². The average molecular weight is 601 g/mol. The molecule has 0 amide bonds. The van der Waals surface area contributed by atoms with Gasteiger partial charge in [0.25, 0.3) is 0 Å². The van der Waals surface area contributed by atoms with E-state index in [0.29, 0.717) is 7.25 Å². The summed E-state index contributed by atoms with van der Waals surface area (Å²) in [5.41, 5.74) is 17.4. The normalized spacial score (nSPS) is 17.0. The summed E-state index contributed by atoms with van der Waals surface area (Å²) < 4.78 is 1.08. The predicted octanol–water partition coefficient (Wildman–Crippen LogP) is 2.90. The van der Waals surface area contributed by atoms with Gasteiger partial charge in [0.2, 0.25) is 0 Å². The molecule has 184 valence electrons. The van der Waals surface area contributed by atoms with Crippen LogP contribution in [0.1, 0.15) is 62.9 Å². The van der Waals surface area contributed by atoms with Crippen LogP contribution in [0.4, 0.5) is 0 Å². The summed E-state index contributed by atoms with van der Waals surface area (Å²) in [7, 11) is 0. The average Bonchev–Trinajstić information content (AvgIpc) is 3.39. The van der Waals surface area contributed by atoms with E-state index in [4.69, 9.17) is 0 Å². The number of aryl methyl sites for hydroxylation is 4. The number of allylic oxidation sites excluding steroid dienone is 2. The van der Waals surface area contributed by atoms with Gasteiger partial charge in [-0.15, -0.1) is 0 Å². The molecule has 0 aliphatic heterocycles. The van der Waals surface area contributed by atoms with Gasteiger partial charge in [0.05, 0.1) is 0 Å². The molecule has 0 saturated carbocycles. The summed E-state index contributed by atoms with van der Waals surface area (Å²) in [5, 5.41) is 0. The molecule has 0 fully saturated rings. The first-order valence-corrected chi connectivity index (χ1v) is 15.4. The van der Waals surface area contributed by atoms with Crippen LogP contribution in [-0.4, -0.2) is 0 Å². The Hall–Kier alpha value is -2.18. The first-order valence-electron chi connectivity index (χ1n) is 12.5. The number of benzene rings is 4. The minimum Gasteiger partial charge on any atom is -1.00 e. The van der Waals surface area contributed by atoms with Crippen LogP contribution in [0.15, 0.2) is 84.9 Å². The van der Waals surface area contributed by atoms with Crippen molar-refractivity contribution < 1.29 is 48.0 Å². The molecule has 0 radical (unpaired) electrons. The molecule has 2 aliphatic carbocycles. The smallest absolute Gasteiger partial charge is 1.00 e. The molecule has 37 heavy (non-hydrogen) atoms. The van der Waals surface area contributed by atoms with Crippen LogP contribution in [-0.2, 0) is 23.2 Å². The van der Waals surface area contributed by atoms with Crippen LogP contribution >= 0.6 is 0 Å². The fraction of sp³-hybridized carbons (Fsp3) is 0.176. The van der Waals surface area contributed by atoms with Crippen molar-refractivity contribution in [2.45, 2.75) is 34.9 Å². The van der Waals surface area contributed by atoms with Gasteiger partial charge >= 0.3 is 222 Å². The summed E-state index contributed by atoms with van der Waals surface area (Å²) in [6.45, 7) is 9.02. The second-order valence-electron chi connectivity index (χ2n) is 10.1. The predicted molar refractivity (Wildman–Crippen MR) is 146 cm³/mol. The van der Waals surface area contributed by atoms with Crippen molar-refractivity contribution in [2.24, 2.45) is 0 Å². The van der Waals surface area contributed by atoms with Crippen LogP contribution in [0.5, 0.6) is 0 Å². The van der Waals surface area contributed by atoms with Crippen LogP contribution < -0.4 is 24.8 Å². The Labute approximate surface area is 245 Å². The van der Waals surface area contributed by atoms with E-state index in [2.05, 4.69) is 125 Å². The van der Waals surface area contributed by atoms with E-state index in [1.165, 1.54) is 55.7 Å². The topological polar surface area (TPSA) is 0 Å². The molecule has 0 heterocycles. The van der Waals surface area contributed by atoms with Gasteiger partial charge in [-0.3, -0.25) is 0 Å². The fourth-order valence-corrected chi connectivity index (χ4v) is 10.6. The Morgan fingerprint density at radius 1 is 0.486 bits per heavy atom. The molecule has 0 saturated heterocycles. The Bertz CT molecular complexity index is 1390. The largest absolute Gasteiger partial charge is 1.00 e. The molecule has 3 heteroatoms. The van der Waals surface area contributed by atoms with E-state index in [1.54, 1.807) is 11.1 Å². The van der Waals surface area contributed by atoms with Crippen LogP contribution in [0.3, 0.4) is 0 Å². The molecule has 2 unspecified atom stereocenters. The second kappa shape index (κ2) is 11.3. The van der Waals surface area contributed by atoms with Crippen molar-refractivity contribution in [1.29, 1.82) is 0 Å². The number of hydrogen-bond acceptors (Lipinski definition) is 0. The van der Waals surface area contributed by atoms with Gasteiger partial charge in [0.1, 0.15) is 0 Å². The standard InChI is InChI=1S/2C17H15.2ClH.Zr/c2*1-12-8-15-10-17(11-16(15)9-13(12)2)14-6-4-3-5-7-14;;;/h2*3-11H,1-2H3;2*1H;/q;;;;+2/p-2. The number of hydrogen-bond donors (Lipinski definition) is 0. The van der Waals surface area contributed by atoms with Gasteiger partial charge < -0.3 is 24.8 Å². The van der Waals surface area contributed by atoms with Gasteiger partial charge in [-0.2, -0.15) is 0 Å². The van der Waals surface area contributed by atoms with E-state index in [9.17, 15) is 0 Å². The van der Waals surface area contributed by atoms with Gasteiger partial charge in [0, 0.05) is 0 Å². The maximum atomic E-state index is 2.49. The van der Waals surface area contributed by atoms with Crippen LogP contribution in [0.25, 0.3) is 23.3 Å². The molecule has 0 bridgehead atoms. The molecular weight excluding hydrogens is 571 g/mol. The zero-order valence-electron chi connectivity index (χ0n) is 21.6. The quantitative estimate of drug-likeness (QED) is 0.338. The fourth-order valence-electron chi connectivity index (χ4n) is 5.60. The Balaban J connectivity index is 0.00000160. The molecule has 2 aliphatic rings. The van der Waals surface area contributed by atoms with Gasteiger partial charge in [-0.05, 0) is 0 Å². The van der Waals surface area contributed by atoms with Crippen LogP contribution in [0, 0.1) is 27.7 Å². The van der Waals surface area contributed by atoms with Crippen LogP contribution in [0.2, 0.25) is 0 Å². The van der Waals surface area contributed by atoms with Gasteiger partial charge in [0.15, 0.2) is 0 Å². The maximum Gasteiger partial charge on any atom is -1.00 e. The van der Waals surface area contributed by atoms with Crippen molar-refractivity contribution in [3.05, 3.63) is 141 Å². The zero-order chi connectivity index (χ0) is 24.1. The van der Waals surface area contributed by atoms with Crippen molar-refractivity contribution in [2.75, 3.05) is 0 Å². The number of halogens is 2. The molecule has 4 aromatic rings. The summed E-state index contributed by atoms with van der Waals surface area (Å²) in [5.74, 6) is 0. The van der Waals surface area contributed by atoms with Gasteiger partial charge in [-0.1, -0.05) is 0 Å². The summed E-state index contributed by atoms with van der Waals surface area (Å²) >= 11 is -1.01. The van der Waals surface area contributed by atoms with E-state index < -0.39 is 23.2 Å². The SMILES string of the molecule is Cc1cc2c(cc1C)[CH]([Zr+2][CH]1C(c3ccccc3)=Cc3cc(C)c(C)cc31)C(c1ccccc1)=C2.[Cl-].[Cl-]. The molecule has 0 N–H and O–H groups in total. The maximum absolute atomic E-state index is 2.49. The van der Waals surface area contributed by atoms with E-state index in [1.807, 2.05) is 0 Å². The zero-order valence-corrected chi connectivity index (χ0v) is 25.6. The third-order valence-electron chi connectivity index (χ3n) is 7.81. The van der Waals surface area contributed by atoms with E-state index >= 15 is 0 Å². The summed E-state index contributed by atoms with van der Waals surface area (Å²) in [6.07, 6.45) is 4.98. The summed E-state index contributed by atoms with van der Waals surface area (Å²) in [6, 6.07) is 32.0. The van der Waals surface area contributed by atoms with E-state index in [0.717, 1.165) is 0 Å². The molecule has 2 atom stereocenters. The molecule has 0 spiro atoms. The number of rotatable bonds is 4. The Morgan fingerprint density at radius 2 is 0.838 bits per heavy atom. The molecule has 4 aromatic carbocycles. The van der Waals surface area contributed by atoms with Crippen molar-refractivity contribution >= 4 is 23.3 Å². The third-order valence-corrected chi connectivity index (χ3v) is 12.5. The van der Waals surface area contributed by atoms with E-state index in [-0.39, 0.29) is 24.8 Å². The molecule has 0 aromatic heterocycles. The minimum absolute atomic E-state index is 0. The monoisotopic (exact) mass is 598 g/mol. The second-order valence-corrected chi connectivity index (χ2v) is 13.8.